The van der Waals surface area contributed by atoms with Crippen LogP contribution in [0.2, 0.25) is 0 Å². The number of hydrogen-bond donors (Lipinski definition) is 1. The minimum atomic E-state index is 0.463. The van der Waals surface area contributed by atoms with E-state index in [4.69, 9.17) is 0 Å². The van der Waals surface area contributed by atoms with E-state index >= 15 is 0 Å². The summed E-state index contributed by atoms with van der Waals surface area (Å²) in [6.45, 7) is 10.1. The van der Waals surface area contributed by atoms with Gasteiger partial charge < -0.3 is 5.32 Å². The molecule has 0 aliphatic rings. The Kier molecular flexibility index (Phi) is 7.73. The molecule has 1 rings (SSSR count). The lowest BCUT2D eigenvalue weighted by Gasteiger charge is -2.29. The molecule has 0 aliphatic carbocycles. The highest BCUT2D eigenvalue weighted by atomic mass is 14.9. The minimum Gasteiger partial charge on any atom is -0.310 e. The monoisotopic (exact) mass is 262 g/mol. The number of aryl methyl sites for hydroxylation is 1. The Morgan fingerprint density at radius 3 is 2.58 bits per heavy atom. The summed E-state index contributed by atoms with van der Waals surface area (Å²) >= 11 is 0. The van der Waals surface area contributed by atoms with Gasteiger partial charge in [0.1, 0.15) is 0 Å². The van der Waals surface area contributed by atoms with Gasteiger partial charge >= 0.3 is 0 Å². The van der Waals surface area contributed by atoms with Gasteiger partial charge in [-0.05, 0) is 49.4 Å². The predicted molar refractivity (Wildman–Crippen MR) is 83.3 cm³/mol. The summed E-state index contributed by atoms with van der Waals surface area (Å²) < 4.78 is 0. The Bertz CT molecular complexity index is 349. The van der Waals surface area contributed by atoms with Crippen LogP contribution >= 0.6 is 0 Å². The Morgan fingerprint density at radius 1 is 1.21 bits per heavy atom. The highest BCUT2D eigenvalue weighted by Gasteiger charge is 2.22. The molecule has 0 amide bonds. The maximum Gasteiger partial charge on any atom is 0.0366 e. The number of hydrogen-bond acceptors (Lipinski definition) is 2. The van der Waals surface area contributed by atoms with E-state index in [1.165, 1.54) is 43.2 Å². The zero-order valence-electron chi connectivity index (χ0n) is 13.1. The second-order valence-electron chi connectivity index (χ2n) is 5.47. The molecule has 1 aromatic rings. The Morgan fingerprint density at radius 2 is 2.00 bits per heavy atom. The third-order valence-electron chi connectivity index (χ3n) is 3.95. The molecule has 2 unspecified atom stereocenters. The van der Waals surface area contributed by atoms with Gasteiger partial charge in [-0.15, -0.1) is 0 Å². The van der Waals surface area contributed by atoms with E-state index in [-0.39, 0.29) is 0 Å². The second-order valence-corrected chi connectivity index (χ2v) is 5.47. The van der Waals surface area contributed by atoms with Crippen LogP contribution in [0.1, 0.15) is 70.0 Å². The van der Waals surface area contributed by atoms with Crippen LogP contribution in [0, 0.1) is 12.8 Å². The van der Waals surface area contributed by atoms with Gasteiger partial charge in [-0.3, -0.25) is 4.98 Å². The number of nitrogens with zero attached hydrogens (tertiary/aromatic N) is 1. The first-order valence-electron chi connectivity index (χ1n) is 7.88. The van der Waals surface area contributed by atoms with E-state index in [9.17, 15) is 0 Å². The van der Waals surface area contributed by atoms with Crippen molar-refractivity contribution in [2.75, 3.05) is 6.54 Å². The van der Waals surface area contributed by atoms with E-state index in [2.05, 4.69) is 50.3 Å². The lowest BCUT2D eigenvalue weighted by Crippen LogP contribution is -2.29. The van der Waals surface area contributed by atoms with Crippen molar-refractivity contribution in [3.05, 3.63) is 29.6 Å². The number of pyridine rings is 1. The summed E-state index contributed by atoms with van der Waals surface area (Å²) in [5.41, 5.74) is 2.75. The summed E-state index contributed by atoms with van der Waals surface area (Å²) in [7, 11) is 0. The van der Waals surface area contributed by atoms with Gasteiger partial charge in [-0.1, -0.05) is 40.0 Å². The molecule has 0 fully saturated rings. The molecule has 19 heavy (non-hydrogen) atoms. The van der Waals surface area contributed by atoms with Gasteiger partial charge in [0.25, 0.3) is 0 Å². The first-order chi connectivity index (χ1) is 9.24. The molecule has 1 heterocycles. The van der Waals surface area contributed by atoms with Crippen LogP contribution in [0.25, 0.3) is 0 Å². The van der Waals surface area contributed by atoms with Gasteiger partial charge in [0.05, 0.1) is 0 Å². The van der Waals surface area contributed by atoms with Crippen molar-refractivity contribution in [2.24, 2.45) is 5.92 Å². The van der Waals surface area contributed by atoms with Gasteiger partial charge in [0.15, 0.2) is 0 Å². The third-order valence-corrected chi connectivity index (χ3v) is 3.95. The largest absolute Gasteiger partial charge is 0.310 e. The lowest BCUT2D eigenvalue weighted by atomic mass is 9.86. The molecule has 0 aliphatic heterocycles. The molecule has 0 spiro atoms. The summed E-state index contributed by atoms with van der Waals surface area (Å²) in [6, 6.07) is 2.59. The molecule has 2 nitrogen and oxygen atoms in total. The normalized spacial score (nSPS) is 14.3. The van der Waals surface area contributed by atoms with E-state index in [0.717, 1.165) is 12.5 Å². The molecule has 2 heteroatoms. The first kappa shape index (κ1) is 16.2. The van der Waals surface area contributed by atoms with Crippen LogP contribution in [0.15, 0.2) is 18.5 Å². The van der Waals surface area contributed by atoms with E-state index in [1.807, 2.05) is 6.20 Å². The third kappa shape index (κ3) is 4.94. The van der Waals surface area contributed by atoms with Crippen LogP contribution in [-0.4, -0.2) is 11.5 Å². The maximum atomic E-state index is 4.33. The molecule has 0 radical (unpaired) electrons. The van der Waals surface area contributed by atoms with Crippen molar-refractivity contribution in [3.63, 3.8) is 0 Å². The summed E-state index contributed by atoms with van der Waals surface area (Å²) in [5, 5.41) is 3.75. The van der Waals surface area contributed by atoms with E-state index in [1.54, 1.807) is 0 Å². The van der Waals surface area contributed by atoms with Crippen molar-refractivity contribution < 1.29 is 0 Å². The molecule has 1 N–H and O–H groups in total. The quantitative estimate of drug-likeness (QED) is 0.701. The molecule has 2 atom stereocenters. The van der Waals surface area contributed by atoms with Crippen LogP contribution in [0.3, 0.4) is 0 Å². The van der Waals surface area contributed by atoms with Crippen molar-refractivity contribution >= 4 is 0 Å². The predicted octanol–water partition coefficient (Wildman–Crippen LogP) is 4.65. The standard InChI is InChI=1S/C17H30N2/c1-5-8-9-15(7-3)17(19-11-6-2)16-13-18-12-10-14(16)4/h10,12-13,15,17,19H,5-9,11H2,1-4H3. The average molecular weight is 262 g/mol. The zero-order chi connectivity index (χ0) is 14.1. The molecule has 0 bridgehead atoms. The minimum absolute atomic E-state index is 0.463. The van der Waals surface area contributed by atoms with Crippen molar-refractivity contribution in [3.8, 4) is 0 Å². The van der Waals surface area contributed by atoms with Crippen molar-refractivity contribution in [1.82, 2.24) is 10.3 Å². The fourth-order valence-corrected chi connectivity index (χ4v) is 2.70. The SMILES string of the molecule is CCCCC(CC)C(NCCC)c1cnccc1C. The smallest absolute Gasteiger partial charge is 0.0366 e. The van der Waals surface area contributed by atoms with Crippen LogP contribution in [0.5, 0.6) is 0 Å². The highest BCUT2D eigenvalue weighted by molar-refractivity contribution is 5.25. The average Bonchev–Trinajstić information content (AvgIpc) is 2.43. The molecule has 0 saturated heterocycles. The molecular weight excluding hydrogens is 232 g/mol. The number of nitrogens with one attached hydrogen (secondary N) is 1. The van der Waals surface area contributed by atoms with Gasteiger partial charge in [-0.2, -0.15) is 0 Å². The zero-order valence-corrected chi connectivity index (χ0v) is 13.1. The van der Waals surface area contributed by atoms with Gasteiger partial charge in [0.2, 0.25) is 0 Å². The fourth-order valence-electron chi connectivity index (χ4n) is 2.70. The maximum absolute atomic E-state index is 4.33. The molecule has 108 valence electrons. The van der Waals surface area contributed by atoms with Crippen LogP contribution in [0.4, 0.5) is 0 Å². The number of rotatable bonds is 9. The second kappa shape index (κ2) is 9.08. The summed E-state index contributed by atoms with van der Waals surface area (Å²) in [5.74, 6) is 0.717. The van der Waals surface area contributed by atoms with E-state index in [0.29, 0.717) is 6.04 Å². The summed E-state index contributed by atoms with van der Waals surface area (Å²) in [6.07, 6.45) is 10.3. The van der Waals surface area contributed by atoms with E-state index < -0.39 is 0 Å². The lowest BCUT2D eigenvalue weighted by molar-refractivity contribution is 0.322. The number of aromatic nitrogens is 1. The highest BCUT2D eigenvalue weighted by Crippen LogP contribution is 2.30. The topological polar surface area (TPSA) is 24.9 Å². The summed E-state index contributed by atoms with van der Waals surface area (Å²) in [4.78, 5) is 4.33. The first-order valence-corrected chi connectivity index (χ1v) is 7.88. The van der Waals surface area contributed by atoms with Crippen molar-refractivity contribution in [1.29, 1.82) is 0 Å². The Hall–Kier alpha value is -0.890. The van der Waals surface area contributed by atoms with Crippen molar-refractivity contribution in [2.45, 2.75) is 65.8 Å². The molecule has 1 aromatic heterocycles. The fraction of sp³-hybridized carbons (Fsp3) is 0.706. The van der Waals surface area contributed by atoms with Gasteiger partial charge in [-0.25, -0.2) is 0 Å². The molecular formula is C17H30N2. The molecule has 0 aromatic carbocycles. The molecule has 0 saturated carbocycles. The van der Waals surface area contributed by atoms with Crippen LogP contribution < -0.4 is 5.32 Å². The Labute approximate surface area is 119 Å². The Balaban J connectivity index is 2.88. The van der Waals surface area contributed by atoms with Crippen LogP contribution in [-0.2, 0) is 0 Å². The van der Waals surface area contributed by atoms with Gasteiger partial charge in [0, 0.05) is 18.4 Å². The number of unbranched alkanes of at least 4 members (excludes halogenated alkanes) is 1.